The molecule has 3 N–H and O–H groups in total. The van der Waals surface area contributed by atoms with Crippen LogP contribution in [0.25, 0.3) is 12.2 Å². The van der Waals surface area contributed by atoms with Gasteiger partial charge in [-0.3, -0.25) is 0 Å². The average molecular weight is 1020 g/mol. The number of hydrogen-bond donors (Lipinski definition) is 3. The lowest BCUT2D eigenvalue weighted by Gasteiger charge is -2.44. The van der Waals surface area contributed by atoms with Crippen LogP contribution in [0.5, 0.6) is 0 Å². The fraction of sp³-hybridized carbons (Fsp3) is 0.604. The SMILES string of the molecule is C=C1CC2C/C=C\C(=O)O[C@H]3[C@@H](C)[C@@H](C/C=C/c4nc(co4)[C@H]4C[C@H](O)C[C@@H](CC(C1)O2)O4)OC(/C(C)=C/c1coc(C[C@]2(O)C[C@H](OC)C[C@H]([C@H](O)/C=C(C)/C=C/[C@@H](C/C=C/Br)OC)O2)n1)[C@@H]3C. The van der Waals surface area contributed by atoms with Gasteiger partial charge < -0.3 is 57.3 Å². The second kappa shape index (κ2) is 24.5. The molecule has 7 heterocycles. The number of carbonyl (C=O) groups excluding carboxylic acids is 1. The number of methoxy groups -OCH3 is 2. The van der Waals surface area contributed by atoms with Crippen molar-refractivity contribution in [2.45, 2.75) is 177 Å². The predicted octanol–water partition coefficient (Wildman–Crippen LogP) is 8.76. The Bertz CT molecular complexity index is 2210. The number of rotatable bonds is 12. The molecule has 5 aliphatic rings. The second-order valence-corrected chi connectivity index (χ2v) is 20.0. The maximum atomic E-state index is 13.6. The van der Waals surface area contributed by atoms with E-state index in [0.717, 1.165) is 16.7 Å². The van der Waals surface area contributed by atoms with Crippen molar-refractivity contribution < 1.29 is 62.1 Å². The summed E-state index contributed by atoms with van der Waals surface area (Å²) in [4.78, 5) is 24.8. The average Bonchev–Trinajstić information content (AvgIpc) is 3.96. The van der Waals surface area contributed by atoms with Gasteiger partial charge in [0.2, 0.25) is 5.89 Å². The van der Waals surface area contributed by atoms with Crippen molar-refractivity contribution in [2.75, 3.05) is 14.2 Å². The Morgan fingerprint density at radius 2 is 1.78 bits per heavy atom. The van der Waals surface area contributed by atoms with E-state index >= 15 is 0 Å². The molecule has 2 aromatic rings. The number of carbonyl (C=O) groups is 1. The van der Waals surface area contributed by atoms with Gasteiger partial charge in [-0.15, -0.1) is 0 Å². The van der Waals surface area contributed by atoms with E-state index in [1.54, 1.807) is 37.6 Å². The molecule has 15 atom stereocenters. The summed E-state index contributed by atoms with van der Waals surface area (Å²) in [6.45, 7) is 12.2. The van der Waals surface area contributed by atoms with Gasteiger partial charge in [-0.25, -0.2) is 14.8 Å². The van der Waals surface area contributed by atoms with Gasteiger partial charge in [0.05, 0.1) is 67.5 Å². The first-order chi connectivity index (χ1) is 33.1. The maximum Gasteiger partial charge on any atom is 0.330 e. The minimum Gasteiger partial charge on any atom is -0.458 e. The standard InChI is InChI=1S/C53H71BrN2O13/c1-31(16-17-38(61-6)12-10-18-54)21-44(58)47-26-42(62-7)27-53(60,69-47)28-49-55-36(29-63-49)22-33(3)51-35(5)52-34(4)45(67-51)13-9-14-48-56-43(30-64-48)46-24-37(57)23-41(66-46)25-40-20-32(2)19-39(65-40)11-8-15-50(59)68-52/h8-10,14-18,21-22,29-30,34-35,37-42,44-47,51-52,57-58,60H,2,11-13,19-20,23-28H2,1,3-7H3/b14-9+,15-8-,17-16+,18-10+,31-21+,33-22+/t34-,35-,37+,38+,39?,40?,41-,42+,44+,45+,46+,47+,51?,52-,53-/m0/s1. The molecule has 0 aromatic carbocycles. The van der Waals surface area contributed by atoms with Gasteiger partial charge in [0.1, 0.15) is 36.1 Å². The topological polar surface area (TPSA) is 194 Å². The van der Waals surface area contributed by atoms with Gasteiger partial charge in [0.15, 0.2) is 11.7 Å². The molecule has 0 radical (unpaired) electrons. The van der Waals surface area contributed by atoms with E-state index in [0.29, 0.717) is 75.1 Å². The highest BCUT2D eigenvalue weighted by atomic mass is 79.9. The number of esters is 1. The summed E-state index contributed by atoms with van der Waals surface area (Å²) in [5, 5.41) is 33.9. The third-order valence-electron chi connectivity index (χ3n) is 13.9. The van der Waals surface area contributed by atoms with Crippen molar-refractivity contribution in [3.05, 3.63) is 107 Å². The van der Waals surface area contributed by atoms with E-state index < -0.39 is 48.4 Å². The van der Waals surface area contributed by atoms with Gasteiger partial charge in [0, 0.05) is 57.8 Å². The summed E-state index contributed by atoms with van der Waals surface area (Å²) in [5.41, 5.74) is 3.86. The Labute approximate surface area is 414 Å². The molecule has 16 heteroatoms. The number of aliphatic hydroxyl groups is 3. The second-order valence-electron chi connectivity index (χ2n) is 19.5. The number of ether oxygens (including phenoxy) is 7. The Morgan fingerprint density at radius 3 is 2.57 bits per heavy atom. The lowest BCUT2D eigenvalue weighted by Crippen LogP contribution is -2.51. The Kier molecular flexibility index (Phi) is 18.9. The third kappa shape index (κ3) is 14.6. The zero-order valence-corrected chi connectivity index (χ0v) is 42.3. The number of aromatic nitrogens is 2. The van der Waals surface area contributed by atoms with Crippen LogP contribution >= 0.6 is 15.9 Å². The van der Waals surface area contributed by atoms with Crippen LogP contribution in [0.2, 0.25) is 0 Å². The quantitative estimate of drug-likeness (QED) is 0.104. The Morgan fingerprint density at radius 1 is 0.986 bits per heavy atom. The van der Waals surface area contributed by atoms with Gasteiger partial charge in [-0.2, -0.15) is 0 Å². The molecule has 7 rings (SSSR count). The molecule has 4 saturated heterocycles. The van der Waals surface area contributed by atoms with Crippen LogP contribution in [0.4, 0.5) is 0 Å². The van der Waals surface area contributed by atoms with Crippen molar-refractivity contribution >= 4 is 34.1 Å². The third-order valence-corrected chi connectivity index (χ3v) is 14.2. The largest absolute Gasteiger partial charge is 0.458 e. The van der Waals surface area contributed by atoms with E-state index in [4.69, 9.17) is 52.0 Å². The molecule has 0 aliphatic carbocycles. The molecule has 0 amide bonds. The first-order valence-electron chi connectivity index (χ1n) is 24.3. The fourth-order valence-corrected chi connectivity index (χ4v) is 10.6. The molecule has 0 saturated carbocycles. The van der Waals surface area contributed by atoms with Crippen molar-refractivity contribution in [3.8, 4) is 0 Å². The highest BCUT2D eigenvalue weighted by Crippen LogP contribution is 2.40. The first-order valence-corrected chi connectivity index (χ1v) is 25.2. The molecule has 69 heavy (non-hydrogen) atoms. The Hall–Kier alpha value is -3.81. The van der Waals surface area contributed by atoms with Crippen LogP contribution in [0.1, 0.15) is 121 Å². The van der Waals surface area contributed by atoms with Crippen molar-refractivity contribution in [1.82, 2.24) is 9.97 Å². The monoisotopic (exact) mass is 1020 g/mol. The van der Waals surface area contributed by atoms with Crippen LogP contribution in [-0.4, -0.2) is 118 Å². The molecule has 3 unspecified atom stereocenters. The minimum absolute atomic E-state index is 0.0830. The smallest absolute Gasteiger partial charge is 0.330 e. The highest BCUT2D eigenvalue weighted by molar-refractivity contribution is 9.11. The number of aliphatic hydroxyl groups excluding tert-OH is 2. The van der Waals surface area contributed by atoms with E-state index in [9.17, 15) is 20.1 Å². The number of halogens is 1. The molecule has 378 valence electrons. The minimum atomic E-state index is -1.73. The summed E-state index contributed by atoms with van der Waals surface area (Å²) in [6.07, 6.45) is 19.5. The van der Waals surface area contributed by atoms with Gasteiger partial charge in [-0.05, 0) is 75.1 Å². The van der Waals surface area contributed by atoms with E-state index in [1.807, 2.05) is 64.2 Å². The predicted molar refractivity (Wildman–Crippen MR) is 261 cm³/mol. The number of allylic oxidation sites excluding steroid dienone is 2. The van der Waals surface area contributed by atoms with E-state index in [1.165, 1.54) is 12.3 Å². The summed E-state index contributed by atoms with van der Waals surface area (Å²) in [6, 6.07) is 0. The van der Waals surface area contributed by atoms with Gasteiger partial charge in [-0.1, -0.05) is 84.0 Å². The summed E-state index contributed by atoms with van der Waals surface area (Å²) >= 11 is 3.28. The highest BCUT2D eigenvalue weighted by Gasteiger charge is 2.45. The molecule has 2 aromatic heterocycles. The number of nitrogens with zero attached hydrogens (tertiary/aromatic N) is 2. The van der Waals surface area contributed by atoms with Crippen LogP contribution in [0, 0.1) is 11.8 Å². The number of fused-ring (bicyclic) bond motifs is 9. The van der Waals surface area contributed by atoms with Crippen LogP contribution in [0.15, 0.2) is 92.2 Å². The summed E-state index contributed by atoms with van der Waals surface area (Å²) in [5.74, 6) is -1.95. The van der Waals surface area contributed by atoms with Crippen LogP contribution in [-0.2, 0) is 44.4 Å². The molecular formula is C53H71BrN2O13. The molecular weight excluding hydrogens is 952 g/mol. The van der Waals surface area contributed by atoms with Crippen molar-refractivity contribution in [2.24, 2.45) is 11.8 Å². The zero-order chi connectivity index (χ0) is 49.2. The van der Waals surface area contributed by atoms with E-state index in [-0.39, 0.29) is 67.2 Å². The molecule has 5 aliphatic heterocycles. The molecule has 4 fully saturated rings. The fourth-order valence-electron chi connectivity index (χ4n) is 10.4. The van der Waals surface area contributed by atoms with Crippen molar-refractivity contribution in [3.63, 3.8) is 0 Å². The molecule has 15 nitrogen and oxygen atoms in total. The maximum absolute atomic E-state index is 13.6. The molecule has 0 spiro atoms. The zero-order valence-electron chi connectivity index (χ0n) is 40.7. The van der Waals surface area contributed by atoms with E-state index in [2.05, 4.69) is 22.5 Å². The Balaban J connectivity index is 1.06. The van der Waals surface area contributed by atoms with Crippen LogP contribution < -0.4 is 0 Å². The van der Waals surface area contributed by atoms with Crippen molar-refractivity contribution in [1.29, 1.82) is 0 Å². The summed E-state index contributed by atoms with van der Waals surface area (Å²) in [7, 11) is 3.22. The van der Waals surface area contributed by atoms with Gasteiger partial charge in [0.25, 0.3) is 0 Å². The summed E-state index contributed by atoms with van der Waals surface area (Å²) < 4.78 is 55.2. The van der Waals surface area contributed by atoms with Gasteiger partial charge >= 0.3 is 5.97 Å². The molecule has 8 bridgehead atoms. The normalized spacial score (nSPS) is 36.1. The first kappa shape index (κ1) is 53.0. The number of hydrogen-bond acceptors (Lipinski definition) is 15. The lowest BCUT2D eigenvalue weighted by atomic mass is 9.79. The van der Waals surface area contributed by atoms with Crippen LogP contribution in [0.3, 0.4) is 0 Å². The number of oxazole rings is 2. The lowest BCUT2D eigenvalue weighted by molar-refractivity contribution is -0.286.